The molecule has 2 aromatic carbocycles. The number of nitrogens with zero attached hydrogens (tertiary/aromatic N) is 2. The number of benzene rings is 2. The molecule has 0 spiro atoms. The van der Waals surface area contributed by atoms with Gasteiger partial charge in [0.15, 0.2) is 0 Å². The molecule has 0 aromatic heterocycles. The van der Waals surface area contributed by atoms with Crippen LogP contribution in [0.4, 0.5) is 5.69 Å². The third-order valence-electron chi connectivity index (χ3n) is 4.65. The summed E-state index contributed by atoms with van der Waals surface area (Å²) in [5.74, 6) is 0.529. The molecule has 0 amide bonds. The summed E-state index contributed by atoms with van der Waals surface area (Å²) in [5.41, 5.74) is 0.652. The van der Waals surface area contributed by atoms with E-state index in [9.17, 15) is 18.5 Å². The van der Waals surface area contributed by atoms with Gasteiger partial charge in [-0.3, -0.25) is 15.3 Å². The quantitative estimate of drug-likeness (QED) is 0.334. The number of hydrogen-bond acceptors (Lipinski definition) is 8. The molecule has 0 saturated carbocycles. The summed E-state index contributed by atoms with van der Waals surface area (Å²) in [6, 6.07) is 10.5. The summed E-state index contributed by atoms with van der Waals surface area (Å²) in [5, 5.41) is 18.7. The molecule has 1 aliphatic heterocycles. The first-order valence-corrected chi connectivity index (χ1v) is 12.2. The van der Waals surface area contributed by atoms with Gasteiger partial charge in [-0.2, -0.15) is 4.31 Å². The number of thiol groups is 1. The smallest absolute Gasteiger partial charge is 0.271 e. The number of non-ortho nitro benzene ring substituents is 1. The highest BCUT2D eigenvalue weighted by molar-refractivity contribution is 7.89. The number of sulfonamides is 1. The predicted octanol–water partition coefficient (Wildman–Crippen LogP) is 3.88. The van der Waals surface area contributed by atoms with Crippen LogP contribution in [-0.4, -0.2) is 42.8 Å². The van der Waals surface area contributed by atoms with Gasteiger partial charge < -0.3 is 10.1 Å². The van der Waals surface area contributed by atoms with Crippen LogP contribution in [0.1, 0.15) is 33.3 Å². The fourth-order valence-electron chi connectivity index (χ4n) is 3.15. The minimum absolute atomic E-state index is 0.0224. The first-order valence-electron chi connectivity index (χ1n) is 10.2. The maximum Gasteiger partial charge on any atom is 0.271 e. The number of nitro benzene ring substituents is 1. The molecule has 2 unspecified atom stereocenters. The van der Waals surface area contributed by atoms with Crippen molar-refractivity contribution in [3.8, 4) is 11.5 Å². The van der Waals surface area contributed by atoms with Crippen molar-refractivity contribution in [2.45, 2.75) is 51.6 Å². The van der Waals surface area contributed by atoms with E-state index in [0.717, 1.165) is 11.6 Å². The maximum atomic E-state index is 13.4. The van der Waals surface area contributed by atoms with E-state index in [4.69, 9.17) is 4.74 Å². The Morgan fingerprint density at radius 3 is 2.44 bits per heavy atom. The molecule has 1 heterocycles. The number of nitro groups is 1. The highest BCUT2D eigenvalue weighted by Gasteiger charge is 2.36. The maximum absolute atomic E-state index is 13.4. The van der Waals surface area contributed by atoms with Gasteiger partial charge in [0.05, 0.1) is 4.92 Å². The molecule has 32 heavy (non-hydrogen) atoms. The van der Waals surface area contributed by atoms with E-state index in [0.29, 0.717) is 12.3 Å². The van der Waals surface area contributed by atoms with Crippen LogP contribution in [0.3, 0.4) is 0 Å². The van der Waals surface area contributed by atoms with Crippen LogP contribution in [0.25, 0.3) is 0 Å². The molecule has 1 saturated heterocycles. The second kappa shape index (κ2) is 12.8. The average molecular weight is 485 g/mol. The Kier molecular flexibility index (Phi) is 11.1. The van der Waals surface area contributed by atoms with Gasteiger partial charge in [0.2, 0.25) is 10.0 Å². The van der Waals surface area contributed by atoms with Gasteiger partial charge in [-0.1, -0.05) is 26.0 Å². The third-order valence-corrected chi connectivity index (χ3v) is 6.65. The van der Waals surface area contributed by atoms with E-state index >= 15 is 0 Å². The van der Waals surface area contributed by atoms with E-state index in [1.165, 1.54) is 16.4 Å². The van der Waals surface area contributed by atoms with Gasteiger partial charge in [-0.15, -0.1) is 12.8 Å². The topological polar surface area (TPSA) is 128 Å². The lowest BCUT2D eigenvalue weighted by atomic mass is 10.2. The molecular formula is C21H32N4O5S2. The zero-order chi connectivity index (χ0) is 24.5. The molecular weight excluding hydrogens is 452 g/mol. The van der Waals surface area contributed by atoms with Crippen LogP contribution in [0.5, 0.6) is 11.5 Å². The Bertz CT molecular complexity index is 1000. The van der Waals surface area contributed by atoms with Crippen LogP contribution in [-0.2, 0) is 10.0 Å². The van der Waals surface area contributed by atoms with Crippen molar-refractivity contribution in [3.05, 3.63) is 58.1 Å². The Morgan fingerprint density at radius 1 is 1.19 bits per heavy atom. The molecule has 2 aromatic rings. The Balaban J connectivity index is 0.00000121. The normalized spacial score (nSPS) is 18.5. The van der Waals surface area contributed by atoms with Crippen LogP contribution in [0.15, 0.2) is 47.4 Å². The molecule has 1 fully saturated rings. The van der Waals surface area contributed by atoms with E-state index in [-0.39, 0.29) is 35.0 Å². The summed E-state index contributed by atoms with van der Waals surface area (Å²) in [6.45, 7) is 10.4. The monoisotopic (exact) mass is 484 g/mol. The number of piperazine rings is 1. The van der Waals surface area contributed by atoms with E-state index < -0.39 is 14.9 Å². The zero-order valence-electron chi connectivity index (χ0n) is 19.0. The Hall–Kier alpha value is -2.18. The lowest BCUT2D eigenvalue weighted by molar-refractivity contribution is -0.385. The molecule has 0 bridgehead atoms. The van der Waals surface area contributed by atoms with Gasteiger partial charge in [-0.05, 0) is 44.5 Å². The third kappa shape index (κ3) is 6.91. The molecule has 0 aliphatic carbocycles. The highest BCUT2D eigenvalue weighted by Crippen LogP contribution is 2.35. The summed E-state index contributed by atoms with van der Waals surface area (Å²) in [7, 11) is -4.00. The number of nitrogens with two attached hydrogens (primary N) is 1. The van der Waals surface area contributed by atoms with Crippen molar-refractivity contribution >= 4 is 28.5 Å². The average Bonchev–Trinajstić information content (AvgIpc) is 2.78. The summed E-state index contributed by atoms with van der Waals surface area (Å²) in [4.78, 5) is 10.4. The second-order valence-corrected chi connectivity index (χ2v) is 8.90. The van der Waals surface area contributed by atoms with Crippen molar-refractivity contribution in [3.63, 3.8) is 0 Å². The fourth-order valence-corrected chi connectivity index (χ4v) is 5.01. The van der Waals surface area contributed by atoms with Crippen LogP contribution in [0.2, 0.25) is 0 Å². The zero-order valence-corrected chi connectivity index (χ0v) is 20.7. The number of rotatable bonds is 5. The molecule has 2 atom stereocenters. The van der Waals surface area contributed by atoms with Crippen molar-refractivity contribution in [2.75, 3.05) is 13.1 Å². The summed E-state index contributed by atoms with van der Waals surface area (Å²) < 4.78 is 34.0. The van der Waals surface area contributed by atoms with E-state index in [1.807, 2.05) is 33.8 Å². The lowest BCUT2D eigenvalue weighted by Gasteiger charge is -2.36. The fraction of sp³-hybridized carbons (Fsp3) is 0.429. The van der Waals surface area contributed by atoms with Gasteiger partial charge in [0.25, 0.3) is 5.69 Å². The largest absolute Gasteiger partial charge is 0.456 e. The van der Waals surface area contributed by atoms with Gasteiger partial charge in [0.1, 0.15) is 16.4 Å². The minimum atomic E-state index is -4.00. The van der Waals surface area contributed by atoms with Crippen molar-refractivity contribution in [2.24, 2.45) is 5.14 Å². The SMILES string of the molecule is CC.Cc1cccc(Oc2ccc([N+](=O)[O-])cc2S(=O)(=O)N2CC(C)NCC2C)c1.NS. The summed E-state index contributed by atoms with van der Waals surface area (Å²) in [6.07, 6.45) is 0. The van der Waals surface area contributed by atoms with E-state index in [1.54, 1.807) is 25.1 Å². The predicted molar refractivity (Wildman–Crippen MR) is 130 cm³/mol. The van der Waals surface area contributed by atoms with Crippen LogP contribution >= 0.6 is 12.8 Å². The standard InChI is InChI=1S/C19H23N3O5S.C2H6.H3NS/c1-13-5-4-6-17(9-13)27-18-8-7-16(22(23)24)10-19(18)28(25,26)21-12-14(2)20-11-15(21)3;2*1-2/h4-10,14-15,20H,11-12H2,1-3H3;1-2H3;2H,1H2. The lowest BCUT2D eigenvalue weighted by Crippen LogP contribution is -2.56. The van der Waals surface area contributed by atoms with Gasteiger partial charge in [-0.25, -0.2) is 8.42 Å². The Labute approximate surface area is 195 Å². The Morgan fingerprint density at radius 2 is 1.84 bits per heavy atom. The van der Waals surface area contributed by atoms with Gasteiger partial charge in [0, 0.05) is 37.3 Å². The molecule has 9 nitrogen and oxygen atoms in total. The van der Waals surface area contributed by atoms with Crippen molar-refractivity contribution in [1.82, 2.24) is 9.62 Å². The minimum Gasteiger partial charge on any atom is -0.456 e. The first-order chi connectivity index (χ1) is 15.2. The second-order valence-electron chi connectivity index (χ2n) is 7.04. The number of ether oxygens (including phenoxy) is 1. The van der Waals surface area contributed by atoms with Crippen molar-refractivity contribution < 1.29 is 18.1 Å². The molecule has 178 valence electrons. The molecule has 1 aliphatic rings. The molecule has 3 rings (SSSR count). The molecule has 11 heteroatoms. The number of aryl methyl sites for hydroxylation is 1. The molecule has 0 radical (unpaired) electrons. The van der Waals surface area contributed by atoms with Crippen LogP contribution in [0, 0.1) is 17.0 Å². The van der Waals surface area contributed by atoms with Crippen LogP contribution < -0.4 is 15.2 Å². The highest BCUT2D eigenvalue weighted by atomic mass is 32.2. The van der Waals surface area contributed by atoms with E-state index in [2.05, 4.69) is 23.3 Å². The van der Waals surface area contributed by atoms with Gasteiger partial charge >= 0.3 is 0 Å². The van der Waals surface area contributed by atoms with Crippen molar-refractivity contribution in [1.29, 1.82) is 0 Å². The molecule has 3 N–H and O–H groups in total. The summed E-state index contributed by atoms with van der Waals surface area (Å²) >= 11 is 3.03. The number of hydrogen-bond donors (Lipinski definition) is 3. The number of nitrogens with one attached hydrogen (secondary N) is 1. The first kappa shape index (κ1) is 27.9.